The number of rotatable bonds is 9. The number of carbonyl (C=O) groups is 1. The molecule has 6 nitrogen and oxygen atoms in total. The normalized spacial score (nSPS) is 32.5. The Bertz CT molecular complexity index is 743. The molecule has 2 atom stereocenters. The summed E-state index contributed by atoms with van der Waals surface area (Å²) < 4.78 is 146. The van der Waals surface area contributed by atoms with Gasteiger partial charge in [0, 0.05) is 25.3 Å². The van der Waals surface area contributed by atoms with Crippen molar-refractivity contribution >= 4 is 40.2 Å². The first-order valence-corrected chi connectivity index (χ1v) is 20.8. The minimum atomic E-state index is -4.68. The summed E-state index contributed by atoms with van der Waals surface area (Å²) in [7, 11) is -16.1. The average Bonchev–Trinajstić information content (AvgIpc) is 2.65. The van der Waals surface area contributed by atoms with Gasteiger partial charge in [0.1, 0.15) is 6.23 Å². The van der Waals surface area contributed by atoms with E-state index in [-0.39, 0.29) is 0 Å². The van der Waals surface area contributed by atoms with E-state index in [1.54, 1.807) is 0 Å². The standard InChI is InChI=1S/C17H29F9O6Si4/c1-6-14(27)28-13-36(5)31-34(3,11-8-16(21,22)23)29-33(2,10-7-15(18,19)20)30-35(4,32-36)12-9-17(24,25)26/h6H,1,7-13H2,2-5H3. The second-order valence-electron chi connectivity index (χ2n) is 9.10. The summed E-state index contributed by atoms with van der Waals surface area (Å²) in [6.07, 6.45) is -18.0. The Kier molecular flexibility index (Phi) is 10.7. The van der Waals surface area contributed by atoms with Gasteiger partial charge in [-0.05, 0) is 44.3 Å². The van der Waals surface area contributed by atoms with E-state index in [2.05, 4.69) is 6.58 Å². The van der Waals surface area contributed by atoms with Gasteiger partial charge in [-0.2, -0.15) is 39.5 Å². The van der Waals surface area contributed by atoms with Gasteiger partial charge in [0.15, 0.2) is 0 Å². The molecule has 1 aliphatic heterocycles. The lowest BCUT2D eigenvalue weighted by Crippen LogP contribution is -2.69. The Morgan fingerprint density at radius 2 is 0.944 bits per heavy atom. The summed E-state index contributed by atoms with van der Waals surface area (Å²) in [5.74, 6) is -0.943. The highest BCUT2D eigenvalue weighted by Gasteiger charge is 2.59. The van der Waals surface area contributed by atoms with E-state index in [4.69, 9.17) is 21.2 Å². The fourth-order valence-corrected chi connectivity index (χ4v) is 26.0. The Labute approximate surface area is 207 Å². The SMILES string of the molecule is C=CC(=O)OC[Si]1(C)O[Si](C)(CCC(F)(F)F)O[Si](C)(CCC(F)(F)F)O[Si](C)(CCC(F)(F)F)O1. The predicted octanol–water partition coefficient (Wildman–Crippen LogP) is 6.48. The van der Waals surface area contributed by atoms with Crippen molar-refractivity contribution in [2.75, 3.05) is 6.23 Å². The van der Waals surface area contributed by atoms with Gasteiger partial charge < -0.3 is 21.2 Å². The largest absolute Gasteiger partial charge is 0.461 e. The number of hydrogen-bond donors (Lipinski definition) is 0. The van der Waals surface area contributed by atoms with Gasteiger partial charge in [-0.1, -0.05) is 6.58 Å². The van der Waals surface area contributed by atoms with Crippen LogP contribution in [0.2, 0.25) is 44.3 Å². The zero-order valence-electron chi connectivity index (χ0n) is 20.1. The van der Waals surface area contributed by atoms with Crippen molar-refractivity contribution in [2.24, 2.45) is 0 Å². The molecule has 1 heterocycles. The Morgan fingerprint density at radius 1 is 0.667 bits per heavy atom. The highest BCUT2D eigenvalue weighted by atomic mass is 28.5. The minimum absolute atomic E-state index is 0.630. The van der Waals surface area contributed by atoms with Crippen molar-refractivity contribution in [1.29, 1.82) is 0 Å². The van der Waals surface area contributed by atoms with Gasteiger partial charge >= 0.3 is 58.7 Å². The highest BCUT2D eigenvalue weighted by molar-refractivity contribution is 6.93. The predicted molar refractivity (Wildman–Crippen MR) is 118 cm³/mol. The van der Waals surface area contributed by atoms with E-state index in [9.17, 15) is 44.3 Å². The van der Waals surface area contributed by atoms with E-state index >= 15 is 0 Å². The lowest BCUT2D eigenvalue weighted by Gasteiger charge is -2.50. The summed E-state index contributed by atoms with van der Waals surface area (Å²) in [4.78, 5) is 11.6. The van der Waals surface area contributed by atoms with Crippen LogP contribution in [0.1, 0.15) is 19.3 Å². The second kappa shape index (κ2) is 11.6. The van der Waals surface area contributed by atoms with Crippen LogP contribution < -0.4 is 0 Å². The second-order valence-corrected chi connectivity index (χ2v) is 23.2. The number of carbonyl (C=O) groups excluding carboxylic acids is 1. The zero-order valence-corrected chi connectivity index (χ0v) is 24.1. The molecule has 0 saturated carbocycles. The van der Waals surface area contributed by atoms with E-state index in [1.165, 1.54) is 19.6 Å². The average molecular weight is 613 g/mol. The maximum Gasteiger partial charge on any atom is 0.389 e. The number of ether oxygens (including phenoxy) is 1. The van der Waals surface area contributed by atoms with Gasteiger partial charge in [0.05, 0.1) is 0 Å². The Morgan fingerprint density at radius 3 is 1.19 bits per heavy atom. The van der Waals surface area contributed by atoms with Gasteiger partial charge in [-0.15, -0.1) is 0 Å². The van der Waals surface area contributed by atoms with Crippen LogP contribution >= 0.6 is 0 Å². The molecule has 0 aromatic carbocycles. The first-order valence-electron chi connectivity index (χ1n) is 10.7. The summed E-state index contributed by atoms with van der Waals surface area (Å²) in [5.41, 5.74) is 0. The molecular formula is C17H29F9O6Si4. The molecule has 212 valence electrons. The van der Waals surface area contributed by atoms with Crippen molar-refractivity contribution in [3.05, 3.63) is 12.7 Å². The lowest BCUT2D eigenvalue weighted by atomic mass is 10.5. The van der Waals surface area contributed by atoms with Gasteiger partial charge in [0.25, 0.3) is 0 Å². The van der Waals surface area contributed by atoms with Crippen molar-refractivity contribution in [3.63, 3.8) is 0 Å². The number of esters is 1. The molecule has 0 spiro atoms. The van der Waals surface area contributed by atoms with Gasteiger partial charge in [-0.3, -0.25) is 0 Å². The Balaban J connectivity index is 3.48. The van der Waals surface area contributed by atoms with Crippen LogP contribution in [0.3, 0.4) is 0 Å². The smallest absolute Gasteiger partial charge is 0.389 e. The van der Waals surface area contributed by atoms with E-state index in [1.807, 2.05) is 0 Å². The molecule has 2 unspecified atom stereocenters. The van der Waals surface area contributed by atoms with E-state index in [0.717, 1.165) is 12.6 Å². The molecule has 1 saturated heterocycles. The minimum Gasteiger partial charge on any atom is -0.461 e. The molecule has 0 bridgehead atoms. The topological polar surface area (TPSA) is 63.2 Å². The van der Waals surface area contributed by atoms with Crippen LogP contribution in [0, 0.1) is 0 Å². The maximum atomic E-state index is 13.0. The van der Waals surface area contributed by atoms with Crippen LogP contribution in [0.5, 0.6) is 0 Å². The van der Waals surface area contributed by atoms with Crippen molar-refractivity contribution in [1.82, 2.24) is 0 Å². The van der Waals surface area contributed by atoms with Crippen LogP contribution in [0.15, 0.2) is 12.7 Å². The first kappa shape index (κ1) is 33.3. The molecule has 0 aromatic rings. The summed E-state index contributed by atoms with van der Waals surface area (Å²) >= 11 is 0. The van der Waals surface area contributed by atoms with Crippen LogP contribution in [0.4, 0.5) is 39.5 Å². The molecule has 1 fully saturated rings. The number of halogens is 9. The molecule has 0 N–H and O–H groups in total. The third-order valence-corrected chi connectivity index (χ3v) is 22.9. The molecule has 1 rings (SSSR count). The van der Waals surface area contributed by atoms with Crippen molar-refractivity contribution < 1.29 is 65.5 Å². The highest BCUT2D eigenvalue weighted by Crippen LogP contribution is 2.41. The third-order valence-electron chi connectivity index (χ3n) is 4.96. The van der Waals surface area contributed by atoms with Crippen molar-refractivity contribution in [3.8, 4) is 0 Å². The molecule has 0 amide bonds. The fraction of sp³-hybridized carbons (Fsp3) is 0.824. The number of alkyl halides is 9. The Hall–Kier alpha value is -0.712. The molecule has 0 aliphatic carbocycles. The lowest BCUT2D eigenvalue weighted by molar-refractivity contribution is -0.136. The molecule has 0 radical (unpaired) electrons. The monoisotopic (exact) mass is 612 g/mol. The van der Waals surface area contributed by atoms with Crippen molar-refractivity contribution in [2.45, 2.75) is 82.1 Å². The van der Waals surface area contributed by atoms with Gasteiger partial charge in [-0.25, -0.2) is 4.79 Å². The quantitative estimate of drug-likeness (QED) is 0.129. The third kappa shape index (κ3) is 12.7. The molecule has 0 aromatic heterocycles. The molecule has 1 aliphatic rings. The first-order chi connectivity index (χ1) is 15.9. The summed E-state index contributed by atoms with van der Waals surface area (Å²) in [6, 6.07) is -2.26. The summed E-state index contributed by atoms with van der Waals surface area (Å²) in [5, 5.41) is 0. The van der Waals surface area contributed by atoms with Gasteiger partial charge in [0.2, 0.25) is 0 Å². The van der Waals surface area contributed by atoms with Crippen LogP contribution in [0.25, 0.3) is 0 Å². The molecular weight excluding hydrogens is 584 g/mol. The van der Waals surface area contributed by atoms with Crippen LogP contribution in [-0.4, -0.2) is 65.0 Å². The number of hydrogen-bond acceptors (Lipinski definition) is 6. The van der Waals surface area contributed by atoms with Crippen LogP contribution in [-0.2, 0) is 26.0 Å². The maximum absolute atomic E-state index is 13.0. The fourth-order valence-electron chi connectivity index (χ4n) is 3.64. The summed E-state index contributed by atoms with van der Waals surface area (Å²) in [6.45, 7) is 8.03. The van der Waals surface area contributed by atoms with E-state index < -0.39 is 102 Å². The zero-order chi connectivity index (χ0) is 28.3. The molecule has 36 heavy (non-hydrogen) atoms. The van der Waals surface area contributed by atoms with E-state index in [0.29, 0.717) is 0 Å². The molecule has 19 heteroatoms.